The highest BCUT2D eigenvalue weighted by Crippen LogP contribution is 2.25. The number of carbonyl (C=O) groups is 1. The molecule has 9 nitrogen and oxygen atoms in total. The SMILES string of the molecule is CC.CCC.COC(O)(O)/C(C)=N/n1c(C)nc(C(F)F)c1CN1CCNC1=O. The van der Waals surface area contributed by atoms with Crippen molar-refractivity contribution < 1.29 is 28.5 Å². The highest BCUT2D eigenvalue weighted by Gasteiger charge is 2.30. The van der Waals surface area contributed by atoms with Gasteiger partial charge in [-0.25, -0.2) is 23.2 Å². The largest absolute Gasteiger partial charge is 0.339 e. The summed E-state index contributed by atoms with van der Waals surface area (Å²) in [6, 6.07) is -0.378. The van der Waals surface area contributed by atoms with Crippen LogP contribution in [0.5, 0.6) is 0 Å². The molecule has 2 amide bonds. The summed E-state index contributed by atoms with van der Waals surface area (Å²) in [6.07, 6.45) is -1.61. The van der Waals surface area contributed by atoms with Gasteiger partial charge in [0.05, 0.1) is 12.2 Å². The number of aliphatic hydroxyl groups is 2. The van der Waals surface area contributed by atoms with E-state index in [0.717, 1.165) is 11.8 Å². The van der Waals surface area contributed by atoms with Gasteiger partial charge in [-0.3, -0.25) is 0 Å². The molecule has 0 atom stereocenters. The van der Waals surface area contributed by atoms with Gasteiger partial charge >= 0.3 is 12.0 Å². The first kappa shape index (κ1) is 26.9. The molecular formula is C18H33F2N5O4. The molecule has 1 saturated heterocycles. The Morgan fingerprint density at radius 3 is 2.34 bits per heavy atom. The Kier molecular flexibility index (Phi) is 11.5. The molecule has 0 bridgehead atoms. The van der Waals surface area contributed by atoms with Crippen LogP contribution in [0.25, 0.3) is 0 Å². The van der Waals surface area contributed by atoms with E-state index in [9.17, 15) is 23.8 Å². The number of hydrogen-bond acceptors (Lipinski definition) is 6. The number of aryl methyl sites for hydroxylation is 1. The van der Waals surface area contributed by atoms with Crippen molar-refractivity contribution in [3.05, 3.63) is 17.2 Å². The highest BCUT2D eigenvalue weighted by molar-refractivity contribution is 5.87. The van der Waals surface area contributed by atoms with Gasteiger partial charge in [-0.05, 0) is 13.8 Å². The first-order chi connectivity index (χ1) is 13.6. The second-order valence-corrected chi connectivity index (χ2v) is 5.96. The maximum atomic E-state index is 13.3. The maximum Gasteiger partial charge on any atom is 0.322 e. The summed E-state index contributed by atoms with van der Waals surface area (Å²) >= 11 is 0. The molecule has 0 aromatic carbocycles. The molecule has 1 aromatic heterocycles. The first-order valence-corrected chi connectivity index (χ1v) is 9.53. The molecule has 0 radical (unpaired) electrons. The molecule has 2 heterocycles. The highest BCUT2D eigenvalue weighted by atomic mass is 19.3. The van der Waals surface area contributed by atoms with E-state index in [0.29, 0.717) is 13.1 Å². The number of methoxy groups -OCH3 is 1. The standard InChI is InChI=1S/C13H19F2N5O4.C3H8.C2H6/c1-7(13(22,23)24-3)18-20-8(2)17-10(11(14)15)9(20)6-19-5-4-16-12(19)21;1-3-2;1-2/h11,22-23H,4-6H2,1-3H3,(H,16,21);3H2,1-2H3;1-2H3/b18-7+;;. The Labute approximate surface area is 170 Å². The summed E-state index contributed by atoms with van der Waals surface area (Å²) in [5.41, 5.74) is -0.799. The first-order valence-electron chi connectivity index (χ1n) is 9.53. The summed E-state index contributed by atoms with van der Waals surface area (Å²) in [6.45, 7) is 11.6. The van der Waals surface area contributed by atoms with Gasteiger partial charge in [0.25, 0.3) is 6.43 Å². The molecule has 1 aromatic rings. The second-order valence-electron chi connectivity index (χ2n) is 5.96. The number of rotatable bonds is 6. The second kappa shape index (κ2) is 12.5. The van der Waals surface area contributed by atoms with E-state index < -0.39 is 18.1 Å². The lowest BCUT2D eigenvalue weighted by Gasteiger charge is -2.20. The van der Waals surface area contributed by atoms with E-state index in [1.807, 2.05) is 13.8 Å². The fourth-order valence-electron chi connectivity index (χ4n) is 2.25. The average molecular weight is 421 g/mol. The number of alkyl halides is 2. The van der Waals surface area contributed by atoms with Gasteiger partial charge in [0, 0.05) is 20.2 Å². The number of aromatic nitrogens is 2. The van der Waals surface area contributed by atoms with Gasteiger partial charge in [0.15, 0.2) is 0 Å². The van der Waals surface area contributed by atoms with Crippen molar-refractivity contribution in [1.29, 1.82) is 0 Å². The van der Waals surface area contributed by atoms with Crippen LogP contribution < -0.4 is 5.32 Å². The van der Waals surface area contributed by atoms with E-state index in [1.165, 1.54) is 25.2 Å². The van der Waals surface area contributed by atoms with Crippen LogP contribution in [0.2, 0.25) is 0 Å². The summed E-state index contributed by atoms with van der Waals surface area (Å²) in [7, 11) is 1.06. The number of amides is 2. The number of nitrogens with zero attached hydrogens (tertiary/aromatic N) is 4. The van der Waals surface area contributed by atoms with Crippen molar-refractivity contribution >= 4 is 11.7 Å². The normalized spacial score (nSPS) is 14.3. The number of urea groups is 1. The van der Waals surface area contributed by atoms with Crippen LogP contribution >= 0.6 is 0 Å². The van der Waals surface area contributed by atoms with E-state index in [-0.39, 0.29) is 29.8 Å². The Morgan fingerprint density at radius 2 is 1.93 bits per heavy atom. The van der Waals surface area contributed by atoms with Gasteiger partial charge in [-0.2, -0.15) is 5.10 Å². The van der Waals surface area contributed by atoms with E-state index in [4.69, 9.17) is 0 Å². The lowest BCUT2D eigenvalue weighted by atomic mass is 10.3. The van der Waals surface area contributed by atoms with Gasteiger partial charge < -0.3 is 25.2 Å². The van der Waals surface area contributed by atoms with Crippen LogP contribution in [-0.2, 0) is 11.3 Å². The predicted octanol–water partition coefficient (Wildman–Crippen LogP) is 2.61. The zero-order valence-electron chi connectivity index (χ0n) is 18.2. The Balaban J connectivity index is 0.00000143. The van der Waals surface area contributed by atoms with Crippen molar-refractivity contribution in [1.82, 2.24) is 19.9 Å². The molecule has 0 saturated carbocycles. The molecular weight excluding hydrogens is 388 g/mol. The molecule has 0 spiro atoms. The lowest BCUT2D eigenvalue weighted by Crippen LogP contribution is -2.39. The number of ether oxygens (including phenoxy) is 1. The summed E-state index contributed by atoms with van der Waals surface area (Å²) in [4.78, 5) is 16.8. The van der Waals surface area contributed by atoms with Crippen LogP contribution in [0.15, 0.2) is 5.10 Å². The third-order valence-electron chi connectivity index (χ3n) is 3.64. The number of hydrogen-bond donors (Lipinski definition) is 3. The van der Waals surface area contributed by atoms with Crippen molar-refractivity contribution in [2.24, 2.45) is 5.10 Å². The van der Waals surface area contributed by atoms with Crippen LogP contribution in [-0.4, -0.2) is 62.7 Å². The molecule has 1 aliphatic rings. The third-order valence-corrected chi connectivity index (χ3v) is 3.64. The average Bonchev–Trinajstić information content (AvgIpc) is 3.22. The maximum absolute atomic E-state index is 13.3. The Hall–Kier alpha value is -2.11. The van der Waals surface area contributed by atoms with Crippen molar-refractivity contribution in [2.75, 3.05) is 20.2 Å². The number of halogens is 2. The van der Waals surface area contributed by atoms with E-state index in [1.54, 1.807) is 0 Å². The van der Waals surface area contributed by atoms with Gasteiger partial charge in [0.1, 0.15) is 17.2 Å². The van der Waals surface area contributed by atoms with E-state index in [2.05, 4.69) is 34.0 Å². The zero-order valence-corrected chi connectivity index (χ0v) is 18.2. The minimum Gasteiger partial charge on any atom is -0.339 e. The fraction of sp³-hybridized carbons (Fsp3) is 0.722. The van der Waals surface area contributed by atoms with Crippen LogP contribution in [0, 0.1) is 6.92 Å². The van der Waals surface area contributed by atoms with Crippen LogP contribution in [0.3, 0.4) is 0 Å². The minimum atomic E-state index is -2.86. The fourth-order valence-corrected chi connectivity index (χ4v) is 2.25. The van der Waals surface area contributed by atoms with Gasteiger partial charge in [-0.15, -0.1) is 0 Å². The molecule has 168 valence electrons. The lowest BCUT2D eigenvalue weighted by molar-refractivity contribution is -0.273. The van der Waals surface area contributed by atoms with Crippen molar-refractivity contribution in [3.63, 3.8) is 0 Å². The van der Waals surface area contributed by atoms with Crippen molar-refractivity contribution in [3.8, 4) is 0 Å². The summed E-state index contributed by atoms with van der Waals surface area (Å²) in [5.74, 6) is -2.53. The Morgan fingerprint density at radius 1 is 1.38 bits per heavy atom. The molecule has 1 fully saturated rings. The zero-order chi connectivity index (χ0) is 22.8. The molecule has 1 aliphatic heterocycles. The van der Waals surface area contributed by atoms with Crippen LogP contribution in [0.4, 0.5) is 13.6 Å². The van der Waals surface area contributed by atoms with Gasteiger partial charge in [0.2, 0.25) is 0 Å². The van der Waals surface area contributed by atoms with Gasteiger partial charge in [-0.1, -0.05) is 34.1 Å². The monoisotopic (exact) mass is 421 g/mol. The number of nitrogens with one attached hydrogen (secondary N) is 1. The van der Waals surface area contributed by atoms with E-state index >= 15 is 0 Å². The predicted molar refractivity (Wildman–Crippen MR) is 106 cm³/mol. The molecule has 3 N–H and O–H groups in total. The summed E-state index contributed by atoms with van der Waals surface area (Å²) in [5, 5.41) is 25.7. The Bertz CT molecular complexity index is 677. The van der Waals surface area contributed by atoms with Crippen molar-refractivity contribution in [2.45, 2.75) is 66.9 Å². The topological polar surface area (TPSA) is 112 Å². The smallest absolute Gasteiger partial charge is 0.322 e. The minimum absolute atomic E-state index is 0.00852. The number of carbonyl (C=O) groups excluding carboxylic acids is 1. The quantitative estimate of drug-likeness (QED) is 0.483. The van der Waals surface area contributed by atoms with Crippen LogP contribution in [0.1, 0.15) is 64.7 Å². The molecule has 2 rings (SSSR count). The molecule has 0 unspecified atom stereocenters. The molecule has 11 heteroatoms. The number of imidazole rings is 1. The summed E-state index contributed by atoms with van der Waals surface area (Å²) < 4.78 is 32.1. The molecule has 29 heavy (non-hydrogen) atoms. The molecule has 0 aliphatic carbocycles. The third kappa shape index (κ3) is 7.33.